The Morgan fingerprint density at radius 2 is 2.00 bits per heavy atom. The van der Waals surface area contributed by atoms with Gasteiger partial charge in [0.1, 0.15) is 17.5 Å². The molecular formula is C10H7N5. The lowest BCUT2D eigenvalue weighted by molar-refractivity contribution is 1.16. The Labute approximate surface area is 86.2 Å². The molecule has 0 amide bonds. The van der Waals surface area contributed by atoms with E-state index < -0.39 is 0 Å². The number of nitrogens with two attached hydrogens (primary N) is 1. The van der Waals surface area contributed by atoms with E-state index in [0.29, 0.717) is 5.82 Å². The molecule has 2 N–H and O–H groups in total. The average molecular weight is 197 g/mol. The number of pyridine rings is 1. The Balaban J connectivity index is 2.49. The SMILES string of the molecule is N#Cc1cnc(-c2ccncc2)nc1N. The third-order valence-electron chi connectivity index (χ3n) is 1.88. The molecule has 0 saturated heterocycles. The fourth-order valence-corrected chi connectivity index (χ4v) is 1.12. The molecule has 0 saturated carbocycles. The number of nitrogen functional groups attached to an aromatic ring is 1. The van der Waals surface area contributed by atoms with Crippen molar-refractivity contribution >= 4 is 5.82 Å². The van der Waals surface area contributed by atoms with Gasteiger partial charge in [-0.1, -0.05) is 0 Å². The topological polar surface area (TPSA) is 88.5 Å². The van der Waals surface area contributed by atoms with E-state index in [1.165, 1.54) is 6.20 Å². The van der Waals surface area contributed by atoms with Crippen LogP contribution in [0.3, 0.4) is 0 Å². The van der Waals surface area contributed by atoms with E-state index in [2.05, 4.69) is 15.0 Å². The van der Waals surface area contributed by atoms with Crippen LogP contribution in [0.2, 0.25) is 0 Å². The maximum atomic E-state index is 8.66. The lowest BCUT2D eigenvalue weighted by Crippen LogP contribution is -1.98. The molecular weight excluding hydrogens is 190 g/mol. The lowest BCUT2D eigenvalue weighted by Gasteiger charge is -2.00. The highest BCUT2D eigenvalue weighted by molar-refractivity contribution is 5.58. The molecule has 5 nitrogen and oxygen atoms in total. The first kappa shape index (κ1) is 9.09. The van der Waals surface area contributed by atoms with Gasteiger partial charge >= 0.3 is 0 Å². The van der Waals surface area contributed by atoms with Gasteiger partial charge in [0.2, 0.25) is 0 Å². The first-order chi connectivity index (χ1) is 7.31. The van der Waals surface area contributed by atoms with Crippen molar-refractivity contribution < 1.29 is 0 Å². The molecule has 0 aliphatic carbocycles. The molecule has 0 spiro atoms. The van der Waals surface area contributed by atoms with Gasteiger partial charge in [0.05, 0.1) is 6.20 Å². The smallest absolute Gasteiger partial charge is 0.161 e. The monoisotopic (exact) mass is 197 g/mol. The fraction of sp³-hybridized carbons (Fsp3) is 0. The first-order valence-corrected chi connectivity index (χ1v) is 4.24. The van der Waals surface area contributed by atoms with E-state index in [4.69, 9.17) is 11.0 Å². The van der Waals surface area contributed by atoms with E-state index in [9.17, 15) is 0 Å². The highest BCUT2D eigenvalue weighted by Gasteiger charge is 2.04. The summed E-state index contributed by atoms with van der Waals surface area (Å²) in [4.78, 5) is 12.0. The van der Waals surface area contributed by atoms with Crippen LogP contribution < -0.4 is 5.73 Å². The molecule has 0 radical (unpaired) electrons. The Hall–Kier alpha value is -2.48. The predicted octanol–water partition coefficient (Wildman–Crippen LogP) is 0.992. The number of nitrogens with zero attached hydrogens (tertiary/aromatic N) is 4. The lowest BCUT2D eigenvalue weighted by atomic mass is 10.2. The van der Waals surface area contributed by atoms with Crippen LogP contribution in [0.4, 0.5) is 5.82 Å². The highest BCUT2D eigenvalue weighted by Crippen LogP contribution is 2.15. The molecule has 15 heavy (non-hydrogen) atoms. The molecule has 0 unspecified atom stereocenters. The van der Waals surface area contributed by atoms with Gasteiger partial charge < -0.3 is 5.73 Å². The number of rotatable bonds is 1. The molecule has 0 aromatic carbocycles. The molecule has 0 atom stereocenters. The van der Waals surface area contributed by atoms with Gasteiger partial charge in [0.15, 0.2) is 5.82 Å². The summed E-state index contributed by atoms with van der Waals surface area (Å²) in [5.41, 5.74) is 6.69. The van der Waals surface area contributed by atoms with Crippen LogP contribution in [-0.4, -0.2) is 15.0 Å². The molecule has 72 valence electrons. The average Bonchev–Trinajstić information content (AvgIpc) is 2.30. The van der Waals surface area contributed by atoms with E-state index in [0.717, 1.165) is 5.56 Å². The van der Waals surface area contributed by atoms with Gasteiger partial charge in [-0.3, -0.25) is 4.98 Å². The van der Waals surface area contributed by atoms with E-state index in [1.54, 1.807) is 24.5 Å². The maximum Gasteiger partial charge on any atom is 0.161 e. The summed E-state index contributed by atoms with van der Waals surface area (Å²) in [5, 5.41) is 8.66. The van der Waals surface area contributed by atoms with Gasteiger partial charge in [-0.15, -0.1) is 0 Å². The third kappa shape index (κ3) is 1.74. The first-order valence-electron chi connectivity index (χ1n) is 4.24. The van der Waals surface area contributed by atoms with E-state index >= 15 is 0 Å². The quantitative estimate of drug-likeness (QED) is 0.736. The highest BCUT2D eigenvalue weighted by atomic mass is 14.9. The number of aromatic nitrogens is 3. The Kier molecular flexibility index (Phi) is 2.25. The van der Waals surface area contributed by atoms with Crippen LogP contribution in [-0.2, 0) is 0 Å². The molecule has 5 heteroatoms. The van der Waals surface area contributed by atoms with Crippen molar-refractivity contribution in [3.05, 3.63) is 36.3 Å². The predicted molar refractivity (Wildman–Crippen MR) is 54.4 cm³/mol. The Morgan fingerprint density at radius 3 is 2.60 bits per heavy atom. The van der Waals surface area contributed by atoms with Crippen molar-refractivity contribution in [3.63, 3.8) is 0 Å². The van der Waals surface area contributed by atoms with Crippen molar-refractivity contribution in [3.8, 4) is 17.5 Å². The molecule has 0 fully saturated rings. The van der Waals surface area contributed by atoms with Crippen LogP contribution in [0.25, 0.3) is 11.4 Å². The second-order valence-electron chi connectivity index (χ2n) is 2.84. The number of hydrogen-bond acceptors (Lipinski definition) is 5. The van der Waals surface area contributed by atoms with Gasteiger partial charge in [-0.2, -0.15) is 5.26 Å². The minimum absolute atomic E-state index is 0.194. The summed E-state index contributed by atoms with van der Waals surface area (Å²) in [6.07, 6.45) is 4.71. The summed E-state index contributed by atoms with van der Waals surface area (Å²) in [7, 11) is 0. The van der Waals surface area contributed by atoms with Crippen molar-refractivity contribution in [1.29, 1.82) is 5.26 Å². The summed E-state index contributed by atoms with van der Waals surface area (Å²) in [5.74, 6) is 0.688. The van der Waals surface area contributed by atoms with Crippen LogP contribution in [0, 0.1) is 11.3 Å². The summed E-state index contributed by atoms with van der Waals surface area (Å²) in [6.45, 7) is 0. The second-order valence-corrected chi connectivity index (χ2v) is 2.84. The summed E-state index contributed by atoms with van der Waals surface area (Å²) in [6, 6.07) is 5.47. The third-order valence-corrected chi connectivity index (χ3v) is 1.88. The van der Waals surface area contributed by atoms with Crippen molar-refractivity contribution in [1.82, 2.24) is 15.0 Å². The van der Waals surface area contributed by atoms with Gasteiger partial charge in [0, 0.05) is 18.0 Å². The number of anilines is 1. The minimum atomic E-state index is 0.194. The molecule has 2 rings (SSSR count). The standard InChI is InChI=1S/C10H7N5/c11-5-8-6-14-10(15-9(8)12)7-1-3-13-4-2-7/h1-4,6H,(H2,12,14,15). The fourth-order valence-electron chi connectivity index (χ4n) is 1.12. The van der Waals surface area contributed by atoms with Crippen LogP contribution in [0.5, 0.6) is 0 Å². The van der Waals surface area contributed by atoms with Crippen LogP contribution >= 0.6 is 0 Å². The van der Waals surface area contributed by atoms with Crippen molar-refractivity contribution in [2.45, 2.75) is 0 Å². The van der Waals surface area contributed by atoms with Crippen LogP contribution in [0.1, 0.15) is 5.56 Å². The Morgan fingerprint density at radius 1 is 1.27 bits per heavy atom. The zero-order valence-corrected chi connectivity index (χ0v) is 7.75. The summed E-state index contributed by atoms with van der Waals surface area (Å²) >= 11 is 0. The van der Waals surface area contributed by atoms with E-state index in [-0.39, 0.29) is 11.4 Å². The molecule has 2 aromatic rings. The second kappa shape index (κ2) is 3.72. The maximum absolute atomic E-state index is 8.66. The van der Waals surface area contributed by atoms with E-state index in [1.807, 2.05) is 6.07 Å². The van der Waals surface area contributed by atoms with Gasteiger partial charge in [-0.05, 0) is 12.1 Å². The Bertz CT molecular complexity index is 515. The zero-order valence-electron chi connectivity index (χ0n) is 7.75. The van der Waals surface area contributed by atoms with Gasteiger partial charge in [-0.25, -0.2) is 9.97 Å². The largest absolute Gasteiger partial charge is 0.382 e. The van der Waals surface area contributed by atoms with Crippen LogP contribution in [0.15, 0.2) is 30.7 Å². The molecule has 2 heterocycles. The number of nitriles is 1. The molecule has 0 aliphatic rings. The van der Waals surface area contributed by atoms with Crippen molar-refractivity contribution in [2.75, 3.05) is 5.73 Å². The normalized spacial score (nSPS) is 9.53. The zero-order chi connectivity index (χ0) is 10.7. The van der Waals surface area contributed by atoms with Gasteiger partial charge in [0.25, 0.3) is 0 Å². The molecule has 0 aliphatic heterocycles. The minimum Gasteiger partial charge on any atom is -0.382 e. The molecule has 0 bridgehead atoms. The molecule has 2 aromatic heterocycles. The summed E-state index contributed by atoms with van der Waals surface area (Å²) < 4.78 is 0. The van der Waals surface area contributed by atoms with Crippen molar-refractivity contribution in [2.24, 2.45) is 0 Å². The number of hydrogen-bond donors (Lipinski definition) is 1.